The first-order valence-corrected chi connectivity index (χ1v) is 5.89. The SMILES string of the molecule is CN(Cc1cccc(Cl)c1)c1cccc(C#N)n1. The van der Waals surface area contributed by atoms with Crippen molar-refractivity contribution in [3.8, 4) is 6.07 Å². The lowest BCUT2D eigenvalue weighted by Gasteiger charge is -2.18. The summed E-state index contributed by atoms with van der Waals surface area (Å²) in [7, 11) is 1.93. The molecule has 0 aliphatic rings. The Balaban J connectivity index is 2.17. The maximum atomic E-state index is 8.82. The number of pyridine rings is 1. The van der Waals surface area contributed by atoms with Gasteiger partial charge in [-0.15, -0.1) is 0 Å². The average molecular weight is 258 g/mol. The van der Waals surface area contributed by atoms with Crippen molar-refractivity contribution in [2.45, 2.75) is 6.54 Å². The molecule has 0 atom stereocenters. The summed E-state index contributed by atoms with van der Waals surface area (Å²) < 4.78 is 0. The maximum Gasteiger partial charge on any atom is 0.142 e. The number of halogens is 1. The lowest BCUT2D eigenvalue weighted by Crippen LogP contribution is -2.17. The summed E-state index contributed by atoms with van der Waals surface area (Å²) in [6.45, 7) is 0.697. The van der Waals surface area contributed by atoms with Crippen LogP contribution in [0.2, 0.25) is 5.02 Å². The highest BCUT2D eigenvalue weighted by molar-refractivity contribution is 6.30. The minimum absolute atomic E-state index is 0.422. The van der Waals surface area contributed by atoms with Crippen LogP contribution >= 0.6 is 11.6 Å². The van der Waals surface area contributed by atoms with Crippen LogP contribution in [0.15, 0.2) is 42.5 Å². The van der Waals surface area contributed by atoms with E-state index in [0.29, 0.717) is 12.2 Å². The molecule has 0 unspecified atom stereocenters. The number of rotatable bonds is 3. The van der Waals surface area contributed by atoms with Gasteiger partial charge in [0, 0.05) is 18.6 Å². The van der Waals surface area contributed by atoms with Gasteiger partial charge in [-0.05, 0) is 29.8 Å². The van der Waals surface area contributed by atoms with Crippen molar-refractivity contribution < 1.29 is 0 Å². The fraction of sp³-hybridized carbons (Fsp3) is 0.143. The Morgan fingerprint density at radius 1 is 1.28 bits per heavy atom. The number of nitrogens with zero attached hydrogens (tertiary/aromatic N) is 3. The highest BCUT2D eigenvalue weighted by Gasteiger charge is 2.04. The molecule has 0 saturated heterocycles. The minimum atomic E-state index is 0.422. The monoisotopic (exact) mass is 257 g/mol. The van der Waals surface area contributed by atoms with Crippen molar-refractivity contribution in [3.63, 3.8) is 0 Å². The number of benzene rings is 1. The molecule has 4 heteroatoms. The van der Waals surface area contributed by atoms with Crippen LogP contribution in [0.4, 0.5) is 5.82 Å². The van der Waals surface area contributed by atoms with Gasteiger partial charge in [0.15, 0.2) is 0 Å². The highest BCUT2D eigenvalue weighted by Crippen LogP contribution is 2.16. The molecule has 0 fully saturated rings. The van der Waals surface area contributed by atoms with Gasteiger partial charge in [-0.3, -0.25) is 0 Å². The number of nitriles is 1. The van der Waals surface area contributed by atoms with Crippen molar-refractivity contribution in [3.05, 3.63) is 58.7 Å². The second-order valence-corrected chi connectivity index (χ2v) is 4.42. The van der Waals surface area contributed by atoms with E-state index < -0.39 is 0 Å². The molecular formula is C14H12ClN3. The van der Waals surface area contributed by atoms with E-state index in [1.807, 2.05) is 54.4 Å². The summed E-state index contributed by atoms with van der Waals surface area (Å²) in [6, 6.07) is 15.1. The second-order valence-electron chi connectivity index (χ2n) is 3.98. The smallest absolute Gasteiger partial charge is 0.142 e. The van der Waals surface area contributed by atoms with Crippen LogP contribution in [-0.4, -0.2) is 12.0 Å². The quantitative estimate of drug-likeness (QED) is 0.847. The van der Waals surface area contributed by atoms with E-state index in [-0.39, 0.29) is 0 Å². The van der Waals surface area contributed by atoms with E-state index in [1.54, 1.807) is 6.07 Å². The average Bonchev–Trinajstić information content (AvgIpc) is 2.39. The molecule has 1 aromatic carbocycles. The van der Waals surface area contributed by atoms with Crippen molar-refractivity contribution >= 4 is 17.4 Å². The van der Waals surface area contributed by atoms with Crippen molar-refractivity contribution in [2.24, 2.45) is 0 Å². The van der Waals surface area contributed by atoms with E-state index in [0.717, 1.165) is 16.4 Å². The van der Waals surface area contributed by atoms with Crippen LogP contribution in [0.25, 0.3) is 0 Å². The molecule has 0 aliphatic carbocycles. The second kappa shape index (κ2) is 5.52. The van der Waals surface area contributed by atoms with Gasteiger partial charge in [0.2, 0.25) is 0 Å². The molecule has 90 valence electrons. The molecule has 18 heavy (non-hydrogen) atoms. The van der Waals surface area contributed by atoms with Gasteiger partial charge in [0.1, 0.15) is 17.6 Å². The van der Waals surface area contributed by atoms with Crippen molar-refractivity contribution in [1.82, 2.24) is 4.98 Å². The summed E-state index contributed by atoms with van der Waals surface area (Å²) >= 11 is 5.94. The van der Waals surface area contributed by atoms with Crippen LogP contribution in [-0.2, 0) is 6.54 Å². The summed E-state index contributed by atoms with van der Waals surface area (Å²) in [6.07, 6.45) is 0. The molecule has 0 aliphatic heterocycles. The molecule has 0 N–H and O–H groups in total. The lowest BCUT2D eigenvalue weighted by atomic mass is 10.2. The van der Waals surface area contributed by atoms with Gasteiger partial charge < -0.3 is 4.90 Å². The Labute approximate surface area is 111 Å². The molecule has 1 heterocycles. The highest BCUT2D eigenvalue weighted by atomic mass is 35.5. The number of hydrogen-bond acceptors (Lipinski definition) is 3. The lowest BCUT2D eigenvalue weighted by molar-refractivity contribution is 0.896. The third-order valence-corrected chi connectivity index (χ3v) is 2.78. The predicted molar refractivity (Wildman–Crippen MR) is 72.5 cm³/mol. The van der Waals surface area contributed by atoms with Gasteiger partial charge in [0.05, 0.1) is 0 Å². The van der Waals surface area contributed by atoms with Crippen LogP contribution in [0.1, 0.15) is 11.3 Å². The third-order valence-electron chi connectivity index (χ3n) is 2.55. The minimum Gasteiger partial charge on any atom is -0.355 e. The fourth-order valence-corrected chi connectivity index (χ4v) is 1.90. The van der Waals surface area contributed by atoms with Crippen molar-refractivity contribution in [1.29, 1.82) is 5.26 Å². The predicted octanol–water partition coefficient (Wildman–Crippen LogP) is 3.24. The zero-order valence-corrected chi connectivity index (χ0v) is 10.7. The Bertz CT molecular complexity index is 590. The van der Waals surface area contributed by atoms with Crippen molar-refractivity contribution in [2.75, 3.05) is 11.9 Å². The molecule has 0 saturated carbocycles. The molecule has 3 nitrogen and oxygen atoms in total. The third kappa shape index (κ3) is 2.99. The van der Waals surface area contributed by atoms with Gasteiger partial charge in [-0.25, -0.2) is 4.98 Å². The van der Waals surface area contributed by atoms with Gasteiger partial charge in [-0.2, -0.15) is 5.26 Å². The molecule has 2 aromatic rings. The van der Waals surface area contributed by atoms with E-state index in [1.165, 1.54) is 0 Å². The van der Waals surface area contributed by atoms with E-state index in [4.69, 9.17) is 16.9 Å². The Hall–Kier alpha value is -2.05. The molecule has 0 radical (unpaired) electrons. The van der Waals surface area contributed by atoms with E-state index in [9.17, 15) is 0 Å². The van der Waals surface area contributed by atoms with Gasteiger partial charge >= 0.3 is 0 Å². The molecule has 0 amide bonds. The van der Waals surface area contributed by atoms with Gasteiger partial charge in [-0.1, -0.05) is 29.8 Å². The van der Waals surface area contributed by atoms with Crippen LogP contribution in [0.5, 0.6) is 0 Å². The fourth-order valence-electron chi connectivity index (χ4n) is 1.69. The normalized spacial score (nSPS) is 9.83. The Kier molecular flexibility index (Phi) is 3.81. The first-order valence-electron chi connectivity index (χ1n) is 5.52. The van der Waals surface area contributed by atoms with E-state index in [2.05, 4.69) is 4.98 Å². The topological polar surface area (TPSA) is 39.9 Å². The van der Waals surface area contributed by atoms with Crippen LogP contribution < -0.4 is 4.90 Å². The van der Waals surface area contributed by atoms with E-state index >= 15 is 0 Å². The first-order chi connectivity index (χ1) is 8.69. The molecular weight excluding hydrogens is 246 g/mol. The summed E-state index contributed by atoms with van der Waals surface area (Å²) in [5, 5.41) is 9.54. The summed E-state index contributed by atoms with van der Waals surface area (Å²) in [5.41, 5.74) is 1.53. The molecule has 2 rings (SSSR count). The Morgan fingerprint density at radius 2 is 2.06 bits per heavy atom. The van der Waals surface area contributed by atoms with Crippen LogP contribution in [0.3, 0.4) is 0 Å². The Morgan fingerprint density at radius 3 is 2.78 bits per heavy atom. The summed E-state index contributed by atoms with van der Waals surface area (Å²) in [4.78, 5) is 6.22. The zero-order chi connectivity index (χ0) is 13.0. The standard InChI is InChI=1S/C14H12ClN3/c1-18(10-11-4-2-5-12(15)8-11)14-7-3-6-13(9-16)17-14/h2-8H,10H2,1H3. The number of anilines is 1. The number of hydrogen-bond donors (Lipinski definition) is 0. The number of aromatic nitrogens is 1. The largest absolute Gasteiger partial charge is 0.355 e. The maximum absolute atomic E-state index is 8.82. The molecule has 0 spiro atoms. The van der Waals surface area contributed by atoms with Gasteiger partial charge in [0.25, 0.3) is 0 Å². The zero-order valence-electron chi connectivity index (χ0n) is 9.97. The first kappa shape index (κ1) is 12.4. The summed E-state index contributed by atoms with van der Waals surface area (Å²) in [5.74, 6) is 0.772. The molecule has 1 aromatic heterocycles. The van der Waals surface area contributed by atoms with Crippen LogP contribution in [0, 0.1) is 11.3 Å². The molecule has 0 bridgehead atoms.